The lowest BCUT2D eigenvalue weighted by Gasteiger charge is -2.35. The Bertz CT molecular complexity index is 1120. The highest BCUT2D eigenvalue weighted by Gasteiger charge is 2.44. The van der Waals surface area contributed by atoms with Gasteiger partial charge >= 0.3 is 5.97 Å². The number of hydrogen-bond acceptors (Lipinski definition) is 7. The lowest BCUT2D eigenvalue weighted by atomic mass is 9.71. The largest absolute Gasteiger partial charge is 0.493 e. The number of hydrogen-bond donors (Lipinski definition) is 0. The molecular weight excluding hydrogens is 434 g/mol. The molecule has 0 fully saturated rings. The van der Waals surface area contributed by atoms with Crippen LogP contribution >= 0.6 is 0 Å². The van der Waals surface area contributed by atoms with Gasteiger partial charge in [0.05, 0.1) is 14.2 Å². The van der Waals surface area contributed by atoms with Gasteiger partial charge in [0.15, 0.2) is 17.3 Å². The number of nitrogens with zero attached hydrogens (tertiary/aromatic N) is 1. The average molecular weight is 464 g/mol. The highest BCUT2D eigenvalue weighted by molar-refractivity contribution is 6.09. The monoisotopic (exact) mass is 463 g/mol. The van der Waals surface area contributed by atoms with E-state index in [4.69, 9.17) is 18.9 Å². The zero-order valence-corrected chi connectivity index (χ0v) is 19.7. The molecule has 0 N–H and O–H groups in total. The van der Waals surface area contributed by atoms with Crippen LogP contribution in [0.2, 0.25) is 0 Å². The second-order valence-electron chi connectivity index (χ2n) is 8.26. The number of aliphatic imine (C=N–C) groups is 1. The molecule has 1 heterocycles. The van der Waals surface area contributed by atoms with Crippen molar-refractivity contribution in [3.8, 4) is 17.2 Å². The van der Waals surface area contributed by atoms with E-state index in [1.807, 2.05) is 49.4 Å². The smallest absolute Gasteiger partial charge is 0.315 e. The molecule has 2 aliphatic rings. The fourth-order valence-corrected chi connectivity index (χ4v) is 4.71. The predicted octanol–water partition coefficient (Wildman–Crippen LogP) is 4.51. The Morgan fingerprint density at radius 1 is 1.00 bits per heavy atom. The maximum Gasteiger partial charge on any atom is 0.315 e. The highest BCUT2D eigenvalue weighted by atomic mass is 16.6. The summed E-state index contributed by atoms with van der Waals surface area (Å²) >= 11 is 0. The van der Waals surface area contributed by atoms with E-state index in [0.717, 1.165) is 12.1 Å². The third-order valence-corrected chi connectivity index (χ3v) is 6.20. The van der Waals surface area contributed by atoms with Gasteiger partial charge in [0.2, 0.25) is 0 Å². The van der Waals surface area contributed by atoms with E-state index in [1.54, 1.807) is 20.3 Å². The van der Waals surface area contributed by atoms with Gasteiger partial charge in [0.1, 0.15) is 24.9 Å². The van der Waals surface area contributed by atoms with Gasteiger partial charge in [0.25, 0.3) is 0 Å². The normalized spacial score (nSPS) is 19.7. The number of rotatable bonds is 8. The molecule has 0 aromatic heterocycles. The molecule has 0 bridgehead atoms. The van der Waals surface area contributed by atoms with Crippen LogP contribution in [0.1, 0.15) is 37.7 Å². The molecule has 34 heavy (non-hydrogen) atoms. The van der Waals surface area contributed by atoms with E-state index in [2.05, 4.69) is 4.99 Å². The van der Waals surface area contributed by atoms with Crippen LogP contribution in [-0.4, -0.2) is 44.9 Å². The second-order valence-corrected chi connectivity index (χ2v) is 8.26. The first-order valence-corrected chi connectivity index (χ1v) is 11.4. The van der Waals surface area contributed by atoms with Gasteiger partial charge in [-0.05, 0) is 38.0 Å². The molecule has 0 amide bonds. The number of ketones is 1. The molecule has 4 rings (SSSR count). The summed E-state index contributed by atoms with van der Waals surface area (Å²) in [6.45, 7) is 2.12. The van der Waals surface area contributed by atoms with Gasteiger partial charge < -0.3 is 18.9 Å². The number of carbonyl (C=O) groups excluding carboxylic acids is 2. The number of methoxy groups -OCH3 is 2. The number of ether oxygens (including phenoxy) is 4. The Hall–Kier alpha value is -3.61. The molecule has 0 saturated carbocycles. The summed E-state index contributed by atoms with van der Waals surface area (Å²) in [5.41, 5.74) is 2.66. The van der Waals surface area contributed by atoms with Gasteiger partial charge in [-0.2, -0.15) is 0 Å². The first kappa shape index (κ1) is 23.5. The molecular formula is C27H29NO6. The number of allylic oxidation sites excluding steroid dienone is 2. The maximum absolute atomic E-state index is 13.4. The summed E-state index contributed by atoms with van der Waals surface area (Å²) in [5.74, 6) is -0.00801. The second kappa shape index (κ2) is 10.5. The average Bonchev–Trinajstić information content (AvgIpc) is 2.85. The summed E-state index contributed by atoms with van der Waals surface area (Å²) < 4.78 is 22.4. The number of benzene rings is 2. The minimum Gasteiger partial charge on any atom is -0.493 e. The molecule has 0 saturated heterocycles. The van der Waals surface area contributed by atoms with Gasteiger partial charge in [-0.25, -0.2) is 0 Å². The molecule has 7 nitrogen and oxygen atoms in total. The van der Waals surface area contributed by atoms with Crippen LogP contribution in [0.25, 0.3) is 0 Å². The van der Waals surface area contributed by atoms with Crippen LogP contribution in [0, 0.1) is 5.92 Å². The van der Waals surface area contributed by atoms with Crippen molar-refractivity contribution in [1.29, 1.82) is 0 Å². The third-order valence-electron chi connectivity index (χ3n) is 6.20. The molecule has 2 atom stereocenters. The van der Waals surface area contributed by atoms with Crippen LogP contribution in [0.4, 0.5) is 0 Å². The number of carbonyl (C=O) groups is 2. The molecule has 178 valence electrons. The molecule has 7 heteroatoms. The van der Waals surface area contributed by atoms with Crippen molar-refractivity contribution < 1.29 is 28.5 Å². The third kappa shape index (κ3) is 4.69. The van der Waals surface area contributed by atoms with Crippen LogP contribution in [-0.2, 0) is 14.3 Å². The topological polar surface area (TPSA) is 83.4 Å². The molecule has 0 spiro atoms. The van der Waals surface area contributed by atoms with Crippen molar-refractivity contribution in [3.05, 3.63) is 65.4 Å². The standard InChI is InChI=1S/C27H29NO6/c1-17-23(27(30)34-16-15-33-18-9-5-4-6-10-18)24(25-20(28-17)12-8-13-21(25)29)19-11-7-14-22(31-2)26(19)32-3/h4-7,9-11,14,23-24H,8,12-13,15-16H2,1-3H3/t23?,24-/m1/s1. The Kier molecular flexibility index (Phi) is 7.30. The molecule has 0 radical (unpaired) electrons. The summed E-state index contributed by atoms with van der Waals surface area (Å²) in [7, 11) is 3.11. The molecule has 1 aliphatic heterocycles. The first-order valence-electron chi connectivity index (χ1n) is 11.4. The Labute approximate surface area is 199 Å². The van der Waals surface area contributed by atoms with Crippen LogP contribution < -0.4 is 14.2 Å². The van der Waals surface area contributed by atoms with Crippen molar-refractivity contribution in [1.82, 2.24) is 0 Å². The molecule has 2 aromatic rings. The Balaban J connectivity index is 1.64. The quantitative estimate of drug-likeness (QED) is 0.423. The van der Waals surface area contributed by atoms with Gasteiger partial charge in [-0.1, -0.05) is 30.3 Å². The maximum atomic E-state index is 13.4. The van der Waals surface area contributed by atoms with Crippen molar-refractivity contribution in [2.24, 2.45) is 10.9 Å². The number of esters is 1. The first-order chi connectivity index (χ1) is 16.5. The Morgan fingerprint density at radius 2 is 1.79 bits per heavy atom. The van der Waals surface area contributed by atoms with Crippen molar-refractivity contribution in [2.75, 3.05) is 27.4 Å². The van der Waals surface area contributed by atoms with Crippen molar-refractivity contribution in [2.45, 2.75) is 32.1 Å². The summed E-state index contributed by atoms with van der Waals surface area (Å²) in [5, 5.41) is 0. The van der Waals surface area contributed by atoms with E-state index >= 15 is 0 Å². The van der Waals surface area contributed by atoms with E-state index in [0.29, 0.717) is 46.9 Å². The zero-order valence-electron chi connectivity index (χ0n) is 19.7. The summed E-state index contributed by atoms with van der Waals surface area (Å²) in [4.78, 5) is 31.1. The van der Waals surface area contributed by atoms with Crippen LogP contribution in [0.15, 0.2) is 64.8 Å². The minimum absolute atomic E-state index is 0.0117. The van der Waals surface area contributed by atoms with Crippen molar-refractivity contribution >= 4 is 17.5 Å². The van der Waals surface area contributed by atoms with Crippen LogP contribution in [0.5, 0.6) is 17.2 Å². The van der Waals surface area contributed by atoms with E-state index in [9.17, 15) is 9.59 Å². The summed E-state index contributed by atoms with van der Waals surface area (Å²) in [6, 6.07) is 14.8. The van der Waals surface area contributed by atoms with Crippen LogP contribution in [0.3, 0.4) is 0 Å². The van der Waals surface area contributed by atoms with Gasteiger partial charge in [-0.3, -0.25) is 14.6 Å². The highest BCUT2D eigenvalue weighted by Crippen LogP contribution is 2.48. The van der Waals surface area contributed by atoms with E-state index in [1.165, 1.54) is 0 Å². The fourth-order valence-electron chi connectivity index (χ4n) is 4.71. The number of Topliss-reactive ketones (excluding diaryl/α,β-unsaturated/α-hetero) is 1. The molecule has 1 aliphatic carbocycles. The van der Waals surface area contributed by atoms with Gasteiger partial charge in [0, 0.05) is 34.9 Å². The van der Waals surface area contributed by atoms with E-state index < -0.39 is 17.8 Å². The summed E-state index contributed by atoms with van der Waals surface area (Å²) in [6.07, 6.45) is 1.89. The van der Waals surface area contributed by atoms with Gasteiger partial charge in [-0.15, -0.1) is 0 Å². The Morgan fingerprint density at radius 3 is 2.53 bits per heavy atom. The SMILES string of the molecule is COc1cccc([C@H]2C3=C(CCCC3=O)N=C(C)C2C(=O)OCCOc2ccccc2)c1OC. The minimum atomic E-state index is -0.751. The lowest BCUT2D eigenvalue weighted by molar-refractivity contribution is -0.147. The predicted molar refractivity (Wildman–Crippen MR) is 128 cm³/mol. The lowest BCUT2D eigenvalue weighted by Crippen LogP contribution is -2.37. The number of para-hydroxylation sites is 2. The zero-order chi connectivity index (χ0) is 24.1. The molecule has 1 unspecified atom stereocenters. The fraction of sp³-hybridized carbons (Fsp3) is 0.370. The van der Waals surface area contributed by atoms with Crippen molar-refractivity contribution in [3.63, 3.8) is 0 Å². The molecule has 2 aromatic carbocycles. The van der Waals surface area contributed by atoms with E-state index in [-0.39, 0.29) is 19.0 Å².